The Morgan fingerprint density at radius 1 is 1.00 bits per heavy atom. The second-order valence-corrected chi connectivity index (χ2v) is 12.2. The number of hydrogen-bond acceptors (Lipinski definition) is 7. The Morgan fingerprint density at radius 2 is 1.66 bits per heavy atom. The van der Waals surface area contributed by atoms with Crippen LogP contribution in [0.4, 0.5) is 24.0 Å². The van der Waals surface area contributed by atoms with Crippen molar-refractivity contribution in [2.75, 3.05) is 16.2 Å². The molecular weight excluding hydrogens is 581 g/mol. The second-order valence-electron chi connectivity index (χ2n) is 7.68. The number of nitrogens with zero attached hydrogens (tertiary/aromatic N) is 3. The van der Waals surface area contributed by atoms with Gasteiger partial charge in [-0.1, -0.05) is 83.2 Å². The minimum absolute atomic E-state index is 0.120. The topological polar surface area (TPSA) is 92.3 Å². The van der Waals surface area contributed by atoms with Crippen LogP contribution in [0.15, 0.2) is 88.1 Å². The minimum atomic E-state index is -4.84. The van der Waals surface area contributed by atoms with E-state index in [1.54, 1.807) is 6.07 Å². The number of nitrogens with one attached hydrogen (secondary N) is 1. The van der Waals surface area contributed by atoms with E-state index in [1.807, 2.05) is 30.3 Å². The fourth-order valence-corrected chi connectivity index (χ4v) is 6.63. The first-order chi connectivity index (χ1) is 18.0. The zero-order valence-corrected chi connectivity index (χ0v) is 22.4. The number of sulfonamides is 1. The molecule has 14 heteroatoms. The van der Waals surface area contributed by atoms with Gasteiger partial charge in [-0.05, 0) is 35.9 Å². The quantitative estimate of drug-likeness (QED) is 0.179. The van der Waals surface area contributed by atoms with Gasteiger partial charge in [-0.2, -0.15) is 13.2 Å². The zero-order valence-electron chi connectivity index (χ0n) is 19.2. The van der Waals surface area contributed by atoms with E-state index in [-0.39, 0.29) is 15.7 Å². The zero-order chi connectivity index (χ0) is 27.3. The average molecular weight is 599 g/mol. The van der Waals surface area contributed by atoms with Crippen LogP contribution < -0.4 is 9.62 Å². The molecule has 1 amide bonds. The summed E-state index contributed by atoms with van der Waals surface area (Å²) in [6, 6.07) is 19.4. The van der Waals surface area contributed by atoms with Crippen molar-refractivity contribution in [3.63, 3.8) is 0 Å². The van der Waals surface area contributed by atoms with Crippen LogP contribution in [-0.4, -0.2) is 31.1 Å². The number of rotatable bonds is 9. The Hall–Kier alpha value is -3.13. The fourth-order valence-electron chi connectivity index (χ4n) is 3.25. The van der Waals surface area contributed by atoms with Gasteiger partial charge in [0.1, 0.15) is 6.54 Å². The number of anilines is 2. The van der Waals surface area contributed by atoms with Crippen LogP contribution in [0.2, 0.25) is 5.02 Å². The average Bonchev–Trinajstić information content (AvgIpc) is 3.34. The van der Waals surface area contributed by atoms with Crippen molar-refractivity contribution in [3.8, 4) is 0 Å². The monoisotopic (exact) mass is 598 g/mol. The maximum Gasteiger partial charge on any atom is 0.417 e. The lowest BCUT2D eigenvalue weighted by molar-refractivity contribution is -0.137. The summed E-state index contributed by atoms with van der Waals surface area (Å²) in [6.07, 6.45) is -4.84. The highest BCUT2D eigenvalue weighted by atomic mass is 35.5. The summed E-state index contributed by atoms with van der Waals surface area (Å²) in [5.41, 5.74) is -0.534. The molecule has 0 spiro atoms. The number of hydrogen-bond donors (Lipinski definition) is 1. The molecule has 1 heterocycles. The van der Waals surface area contributed by atoms with Crippen LogP contribution in [0.25, 0.3) is 0 Å². The van der Waals surface area contributed by atoms with E-state index < -0.39 is 39.2 Å². The lowest BCUT2D eigenvalue weighted by Gasteiger charge is -2.25. The Labute approximate surface area is 229 Å². The summed E-state index contributed by atoms with van der Waals surface area (Å²) < 4.78 is 68.4. The summed E-state index contributed by atoms with van der Waals surface area (Å²) in [5, 5.41) is 9.92. The third-order valence-electron chi connectivity index (χ3n) is 5.02. The van der Waals surface area contributed by atoms with Gasteiger partial charge in [-0.3, -0.25) is 14.4 Å². The van der Waals surface area contributed by atoms with Crippen molar-refractivity contribution >= 4 is 61.4 Å². The van der Waals surface area contributed by atoms with E-state index in [9.17, 15) is 26.4 Å². The fraction of sp³-hybridized carbons (Fsp3) is 0.125. The minimum Gasteiger partial charge on any atom is -0.299 e. The molecule has 0 atom stereocenters. The van der Waals surface area contributed by atoms with E-state index >= 15 is 0 Å². The third-order valence-corrected chi connectivity index (χ3v) is 9.18. The maximum atomic E-state index is 13.5. The van der Waals surface area contributed by atoms with Gasteiger partial charge < -0.3 is 0 Å². The van der Waals surface area contributed by atoms with Gasteiger partial charge in [0.25, 0.3) is 10.0 Å². The van der Waals surface area contributed by atoms with Crippen molar-refractivity contribution in [1.82, 2.24) is 10.2 Å². The normalized spacial score (nSPS) is 11.8. The SMILES string of the molecule is O=C(CN(c1ccc(Cl)c(C(F)(F)F)c1)S(=O)(=O)c1ccccc1)Nc1nnc(SCc2ccccc2)s1. The van der Waals surface area contributed by atoms with Crippen molar-refractivity contribution < 1.29 is 26.4 Å². The number of aromatic nitrogens is 2. The highest BCUT2D eigenvalue weighted by Gasteiger charge is 2.35. The van der Waals surface area contributed by atoms with Gasteiger partial charge in [-0.25, -0.2) is 8.42 Å². The van der Waals surface area contributed by atoms with Gasteiger partial charge in [0, 0.05) is 5.75 Å². The Kier molecular flexibility index (Phi) is 8.61. The molecule has 0 fully saturated rings. The standard InChI is InChI=1S/C24H18ClF3N4O3S3/c25-20-12-11-17(13-19(20)24(26,27)28)32(38(34,35)18-9-5-2-6-10-18)14-21(33)29-22-30-31-23(37-22)36-15-16-7-3-1-4-8-16/h1-13H,14-15H2,(H,29,30,33). The van der Waals surface area contributed by atoms with Gasteiger partial charge in [0.05, 0.1) is 21.2 Å². The number of thioether (sulfide) groups is 1. The number of halogens is 4. The van der Waals surface area contributed by atoms with Crippen molar-refractivity contribution in [3.05, 3.63) is 95.0 Å². The molecule has 0 unspecified atom stereocenters. The molecule has 0 radical (unpaired) electrons. The Bertz CT molecular complexity index is 1520. The smallest absolute Gasteiger partial charge is 0.299 e. The maximum absolute atomic E-state index is 13.5. The molecule has 1 aromatic heterocycles. The molecule has 38 heavy (non-hydrogen) atoms. The van der Waals surface area contributed by atoms with Crippen molar-refractivity contribution in [1.29, 1.82) is 0 Å². The molecule has 0 saturated carbocycles. The molecule has 1 N–H and O–H groups in total. The summed E-state index contributed by atoms with van der Waals surface area (Å²) in [5.74, 6) is -0.186. The molecule has 0 aliphatic rings. The van der Waals surface area contributed by atoms with Gasteiger partial charge in [0.2, 0.25) is 11.0 Å². The first kappa shape index (κ1) is 27.9. The third kappa shape index (κ3) is 6.84. The Balaban J connectivity index is 1.56. The molecule has 198 valence electrons. The molecule has 0 aliphatic carbocycles. The summed E-state index contributed by atoms with van der Waals surface area (Å²) >= 11 is 8.21. The van der Waals surface area contributed by atoms with E-state index in [2.05, 4.69) is 15.5 Å². The molecular formula is C24H18ClF3N4O3S3. The second kappa shape index (κ2) is 11.7. The number of alkyl halides is 3. The van der Waals surface area contributed by atoms with Crippen LogP contribution in [-0.2, 0) is 26.7 Å². The van der Waals surface area contributed by atoms with Crippen LogP contribution in [0, 0.1) is 0 Å². The first-order valence-electron chi connectivity index (χ1n) is 10.8. The largest absolute Gasteiger partial charge is 0.417 e. The van der Waals surface area contributed by atoms with Crippen LogP contribution in [0.1, 0.15) is 11.1 Å². The molecule has 4 aromatic rings. The highest BCUT2D eigenvalue weighted by Crippen LogP contribution is 2.38. The van der Waals surface area contributed by atoms with E-state index in [0.717, 1.165) is 29.0 Å². The highest BCUT2D eigenvalue weighted by molar-refractivity contribution is 8.00. The van der Waals surface area contributed by atoms with Gasteiger partial charge in [0.15, 0.2) is 4.34 Å². The van der Waals surface area contributed by atoms with Gasteiger partial charge in [-0.15, -0.1) is 10.2 Å². The van der Waals surface area contributed by atoms with Crippen LogP contribution in [0.3, 0.4) is 0 Å². The van der Waals surface area contributed by atoms with Crippen LogP contribution >= 0.6 is 34.7 Å². The predicted octanol–water partition coefficient (Wildman–Crippen LogP) is 6.34. The van der Waals surface area contributed by atoms with Gasteiger partial charge >= 0.3 is 6.18 Å². The molecule has 3 aromatic carbocycles. The van der Waals surface area contributed by atoms with E-state index in [4.69, 9.17) is 11.6 Å². The molecule has 0 saturated heterocycles. The summed E-state index contributed by atoms with van der Waals surface area (Å²) in [7, 11) is -4.43. The Morgan fingerprint density at radius 3 is 2.32 bits per heavy atom. The number of benzene rings is 3. The summed E-state index contributed by atoms with van der Waals surface area (Å²) in [4.78, 5) is 12.7. The number of carbonyl (C=O) groups excluding carboxylic acids is 1. The predicted molar refractivity (Wildman–Crippen MR) is 142 cm³/mol. The molecule has 0 aliphatic heterocycles. The lowest BCUT2D eigenvalue weighted by atomic mass is 10.2. The van der Waals surface area contributed by atoms with Crippen LogP contribution in [0.5, 0.6) is 0 Å². The van der Waals surface area contributed by atoms with Crippen molar-refractivity contribution in [2.24, 2.45) is 0 Å². The molecule has 0 bridgehead atoms. The number of carbonyl (C=O) groups is 1. The molecule has 7 nitrogen and oxygen atoms in total. The lowest BCUT2D eigenvalue weighted by Crippen LogP contribution is -2.38. The summed E-state index contributed by atoms with van der Waals surface area (Å²) in [6.45, 7) is -0.817. The van der Waals surface area contributed by atoms with Crippen molar-refractivity contribution in [2.45, 2.75) is 21.2 Å². The molecule has 4 rings (SSSR count). The van der Waals surface area contributed by atoms with E-state index in [1.165, 1.54) is 36.0 Å². The number of amides is 1. The van der Waals surface area contributed by atoms with E-state index in [0.29, 0.717) is 20.5 Å². The first-order valence-corrected chi connectivity index (χ1v) is 14.4.